The predicted molar refractivity (Wildman–Crippen MR) is 72.4 cm³/mol. The second-order valence-corrected chi connectivity index (χ2v) is 6.18. The van der Waals surface area contributed by atoms with Gasteiger partial charge in [0.15, 0.2) is 0 Å². The molecule has 2 N–H and O–H groups in total. The van der Waals surface area contributed by atoms with Crippen LogP contribution in [0.2, 0.25) is 0 Å². The molecular weight excluding hydrogens is 284 g/mol. The maximum Gasteiger partial charge on any atom is 0.328 e. The highest BCUT2D eigenvalue weighted by atomic mass is 32.2. The third kappa shape index (κ3) is 3.86. The molecule has 0 aliphatic rings. The van der Waals surface area contributed by atoms with Crippen LogP contribution >= 0.6 is 0 Å². The first-order chi connectivity index (χ1) is 9.28. The van der Waals surface area contributed by atoms with E-state index in [0.29, 0.717) is 5.56 Å². The van der Waals surface area contributed by atoms with Crippen LogP contribution in [0.4, 0.5) is 0 Å². The van der Waals surface area contributed by atoms with E-state index in [1.807, 2.05) is 0 Å². The second-order valence-electron chi connectivity index (χ2n) is 4.18. The van der Waals surface area contributed by atoms with Gasteiger partial charge in [0.2, 0.25) is 10.0 Å². The van der Waals surface area contributed by atoms with Crippen LogP contribution < -0.4 is 0 Å². The normalized spacial score (nSPS) is 13.8. The SMILES string of the molecule is CC(CO)N(C)S(=O)(=O)c1cncc(/C=C/C(=O)O)c1. The van der Waals surface area contributed by atoms with Gasteiger partial charge in [-0.2, -0.15) is 4.31 Å². The zero-order valence-corrected chi connectivity index (χ0v) is 11.9. The van der Waals surface area contributed by atoms with Crippen LogP contribution in [0.1, 0.15) is 12.5 Å². The number of hydrogen-bond acceptors (Lipinski definition) is 5. The monoisotopic (exact) mass is 300 g/mol. The van der Waals surface area contributed by atoms with Gasteiger partial charge in [0.25, 0.3) is 0 Å². The number of likely N-dealkylation sites (N-methyl/N-ethyl adjacent to an activating group) is 1. The van der Waals surface area contributed by atoms with E-state index >= 15 is 0 Å². The number of aliphatic hydroxyl groups excluding tert-OH is 1. The standard InChI is InChI=1S/C12H16N2O5S/c1-9(8-15)14(2)20(18,19)11-5-10(6-13-7-11)3-4-12(16)17/h3-7,9,15H,8H2,1-2H3,(H,16,17)/b4-3+. The van der Waals surface area contributed by atoms with Gasteiger partial charge in [-0.05, 0) is 24.6 Å². The van der Waals surface area contributed by atoms with Crippen molar-refractivity contribution >= 4 is 22.1 Å². The molecule has 0 bridgehead atoms. The maximum absolute atomic E-state index is 12.3. The molecule has 1 rings (SSSR count). The average molecular weight is 300 g/mol. The summed E-state index contributed by atoms with van der Waals surface area (Å²) in [6, 6.07) is 0.751. The van der Waals surface area contributed by atoms with E-state index in [1.54, 1.807) is 6.92 Å². The van der Waals surface area contributed by atoms with Gasteiger partial charge < -0.3 is 10.2 Å². The lowest BCUT2D eigenvalue weighted by Gasteiger charge is -2.22. The van der Waals surface area contributed by atoms with Crippen molar-refractivity contribution in [2.24, 2.45) is 0 Å². The summed E-state index contributed by atoms with van der Waals surface area (Å²) in [6.45, 7) is 1.26. The molecule has 0 aromatic carbocycles. The molecular formula is C12H16N2O5S. The Kier molecular flexibility index (Phi) is 5.37. The Labute approximate surface area is 117 Å². The quantitative estimate of drug-likeness (QED) is 0.726. The molecule has 0 saturated carbocycles. The van der Waals surface area contributed by atoms with E-state index in [2.05, 4.69) is 4.98 Å². The molecule has 1 unspecified atom stereocenters. The van der Waals surface area contributed by atoms with E-state index in [9.17, 15) is 13.2 Å². The minimum atomic E-state index is -3.78. The van der Waals surface area contributed by atoms with Crippen molar-refractivity contribution in [2.45, 2.75) is 17.9 Å². The summed E-state index contributed by atoms with van der Waals surface area (Å²) in [5.41, 5.74) is 0.360. The van der Waals surface area contributed by atoms with Crippen molar-refractivity contribution in [3.63, 3.8) is 0 Å². The van der Waals surface area contributed by atoms with Gasteiger partial charge in [-0.25, -0.2) is 13.2 Å². The Bertz CT molecular complexity index is 612. The number of nitrogens with zero attached hydrogens (tertiary/aromatic N) is 2. The molecule has 0 aliphatic carbocycles. The third-order valence-corrected chi connectivity index (χ3v) is 4.65. The summed E-state index contributed by atoms with van der Waals surface area (Å²) in [4.78, 5) is 14.2. The van der Waals surface area contributed by atoms with Crippen molar-refractivity contribution in [1.82, 2.24) is 9.29 Å². The Hall–Kier alpha value is -1.77. The van der Waals surface area contributed by atoms with Gasteiger partial charge in [0.1, 0.15) is 4.90 Å². The highest BCUT2D eigenvalue weighted by Gasteiger charge is 2.25. The summed E-state index contributed by atoms with van der Waals surface area (Å²) in [5, 5.41) is 17.6. The van der Waals surface area contributed by atoms with Gasteiger partial charge in [-0.3, -0.25) is 4.98 Å². The van der Waals surface area contributed by atoms with E-state index in [1.165, 1.54) is 31.6 Å². The lowest BCUT2D eigenvalue weighted by molar-refractivity contribution is -0.131. The summed E-state index contributed by atoms with van der Waals surface area (Å²) in [6.07, 6.45) is 4.68. The number of hydrogen-bond donors (Lipinski definition) is 2. The molecule has 0 radical (unpaired) electrons. The first-order valence-corrected chi connectivity index (χ1v) is 7.18. The highest BCUT2D eigenvalue weighted by molar-refractivity contribution is 7.89. The molecule has 0 aliphatic heterocycles. The summed E-state index contributed by atoms with van der Waals surface area (Å²) in [5.74, 6) is -1.13. The molecule has 0 fully saturated rings. The Morgan fingerprint density at radius 3 is 2.70 bits per heavy atom. The third-order valence-electron chi connectivity index (χ3n) is 2.71. The van der Waals surface area contributed by atoms with E-state index in [-0.39, 0.29) is 11.5 Å². The van der Waals surface area contributed by atoms with Crippen LogP contribution in [-0.2, 0) is 14.8 Å². The molecule has 1 aromatic rings. The van der Waals surface area contributed by atoms with Crippen LogP contribution in [0.3, 0.4) is 0 Å². The van der Waals surface area contributed by atoms with Crippen molar-refractivity contribution < 1.29 is 23.4 Å². The number of carboxylic acid groups (broad SMARTS) is 1. The molecule has 0 amide bonds. The average Bonchev–Trinajstić information content (AvgIpc) is 2.43. The maximum atomic E-state index is 12.3. The van der Waals surface area contributed by atoms with Crippen molar-refractivity contribution in [3.8, 4) is 0 Å². The van der Waals surface area contributed by atoms with Crippen LogP contribution in [0, 0.1) is 0 Å². The molecule has 7 nitrogen and oxygen atoms in total. The smallest absolute Gasteiger partial charge is 0.328 e. The number of aliphatic hydroxyl groups is 1. The summed E-state index contributed by atoms with van der Waals surface area (Å²) >= 11 is 0. The molecule has 0 saturated heterocycles. The van der Waals surface area contributed by atoms with E-state index < -0.39 is 22.0 Å². The first kappa shape index (κ1) is 16.3. The zero-order valence-electron chi connectivity index (χ0n) is 11.1. The fourth-order valence-electron chi connectivity index (χ4n) is 1.35. The number of sulfonamides is 1. The van der Waals surface area contributed by atoms with Gasteiger partial charge in [-0.15, -0.1) is 0 Å². The molecule has 20 heavy (non-hydrogen) atoms. The Morgan fingerprint density at radius 1 is 1.50 bits per heavy atom. The fourth-order valence-corrected chi connectivity index (χ4v) is 2.71. The minimum absolute atomic E-state index is 0.0622. The zero-order chi connectivity index (χ0) is 15.3. The van der Waals surface area contributed by atoms with Crippen molar-refractivity contribution in [2.75, 3.05) is 13.7 Å². The topological polar surface area (TPSA) is 108 Å². The van der Waals surface area contributed by atoms with Gasteiger partial charge in [0.05, 0.1) is 6.61 Å². The summed E-state index contributed by atoms with van der Waals surface area (Å²) in [7, 11) is -2.42. The lowest BCUT2D eigenvalue weighted by atomic mass is 10.2. The van der Waals surface area contributed by atoms with Crippen LogP contribution in [-0.4, -0.2) is 53.6 Å². The molecule has 1 heterocycles. The number of carbonyl (C=O) groups is 1. The van der Waals surface area contributed by atoms with E-state index in [0.717, 1.165) is 10.4 Å². The minimum Gasteiger partial charge on any atom is -0.478 e. The Morgan fingerprint density at radius 2 is 2.15 bits per heavy atom. The number of aliphatic carboxylic acids is 1. The fraction of sp³-hybridized carbons (Fsp3) is 0.333. The lowest BCUT2D eigenvalue weighted by Crippen LogP contribution is -2.37. The van der Waals surface area contributed by atoms with Gasteiger partial charge in [0, 0.05) is 31.6 Å². The summed E-state index contributed by atoms with van der Waals surface area (Å²) < 4.78 is 25.6. The molecule has 1 aromatic heterocycles. The van der Waals surface area contributed by atoms with Crippen molar-refractivity contribution in [1.29, 1.82) is 0 Å². The van der Waals surface area contributed by atoms with Gasteiger partial charge >= 0.3 is 5.97 Å². The van der Waals surface area contributed by atoms with Crippen molar-refractivity contribution in [3.05, 3.63) is 30.1 Å². The molecule has 110 valence electrons. The molecule has 1 atom stereocenters. The Balaban J connectivity index is 3.14. The van der Waals surface area contributed by atoms with Crippen LogP contribution in [0.25, 0.3) is 6.08 Å². The predicted octanol–water partition coefficient (Wildman–Crippen LogP) is 0.181. The molecule has 8 heteroatoms. The number of carboxylic acids is 1. The van der Waals surface area contributed by atoms with E-state index in [4.69, 9.17) is 10.2 Å². The number of pyridine rings is 1. The van der Waals surface area contributed by atoms with Crippen LogP contribution in [0.5, 0.6) is 0 Å². The highest BCUT2D eigenvalue weighted by Crippen LogP contribution is 2.17. The molecule has 0 spiro atoms. The van der Waals surface area contributed by atoms with Gasteiger partial charge in [-0.1, -0.05) is 0 Å². The largest absolute Gasteiger partial charge is 0.478 e. The second kappa shape index (κ2) is 6.60. The first-order valence-electron chi connectivity index (χ1n) is 5.74. The van der Waals surface area contributed by atoms with Crippen LogP contribution in [0.15, 0.2) is 29.4 Å². The number of aromatic nitrogens is 1. The number of rotatable bonds is 6.